The number of hydrogen-bond donors (Lipinski definition) is 1. The fourth-order valence-corrected chi connectivity index (χ4v) is 0.857. The van der Waals surface area contributed by atoms with Crippen LogP contribution in [0.25, 0.3) is 0 Å². The van der Waals surface area contributed by atoms with Crippen LogP contribution in [-0.4, -0.2) is 11.8 Å². The highest BCUT2D eigenvalue weighted by Gasteiger charge is 2.10. The number of amides is 1. The van der Waals surface area contributed by atoms with Gasteiger partial charge in [-0.15, -0.1) is 11.6 Å². The van der Waals surface area contributed by atoms with Crippen LogP contribution < -0.4 is 5.32 Å². The second-order valence-corrected chi connectivity index (χ2v) is 2.55. The Morgan fingerprint density at radius 1 is 1.38 bits per heavy atom. The van der Waals surface area contributed by atoms with Crippen molar-refractivity contribution in [2.24, 2.45) is 0 Å². The van der Waals surface area contributed by atoms with Crippen molar-refractivity contribution >= 4 is 23.2 Å². The van der Waals surface area contributed by atoms with E-state index in [9.17, 15) is 13.6 Å². The van der Waals surface area contributed by atoms with Gasteiger partial charge in [0.05, 0.1) is 0 Å². The Bertz CT molecular complexity index is 310. The third kappa shape index (κ3) is 2.39. The Labute approximate surface area is 78.5 Å². The van der Waals surface area contributed by atoms with Crippen molar-refractivity contribution in [3.63, 3.8) is 0 Å². The van der Waals surface area contributed by atoms with E-state index in [4.69, 9.17) is 11.6 Å². The van der Waals surface area contributed by atoms with Gasteiger partial charge in [-0.05, 0) is 12.1 Å². The van der Waals surface area contributed by atoms with Crippen LogP contribution in [0.4, 0.5) is 14.5 Å². The number of benzene rings is 1. The highest BCUT2D eigenvalue weighted by Crippen LogP contribution is 2.17. The Morgan fingerprint density at radius 3 is 2.38 bits per heavy atom. The lowest BCUT2D eigenvalue weighted by Gasteiger charge is -2.04. The van der Waals surface area contributed by atoms with Crippen molar-refractivity contribution in [1.29, 1.82) is 0 Å². The summed E-state index contributed by atoms with van der Waals surface area (Å²) in [6, 6.07) is 3.31. The number of anilines is 1. The Morgan fingerprint density at radius 2 is 1.92 bits per heavy atom. The van der Waals surface area contributed by atoms with Crippen LogP contribution >= 0.6 is 11.6 Å². The minimum atomic E-state index is -0.821. The summed E-state index contributed by atoms with van der Waals surface area (Å²) in [5, 5.41) is 2.01. The van der Waals surface area contributed by atoms with Crippen molar-refractivity contribution in [1.82, 2.24) is 0 Å². The predicted molar refractivity (Wildman–Crippen MR) is 45.7 cm³/mol. The Hall–Kier alpha value is -1.16. The molecule has 0 aliphatic carbocycles. The van der Waals surface area contributed by atoms with Gasteiger partial charge < -0.3 is 5.32 Å². The van der Waals surface area contributed by atoms with E-state index < -0.39 is 23.2 Å². The smallest absolute Gasteiger partial charge is 0.239 e. The Balaban J connectivity index is 2.93. The van der Waals surface area contributed by atoms with Crippen molar-refractivity contribution in [3.8, 4) is 0 Å². The zero-order valence-corrected chi connectivity index (χ0v) is 7.24. The van der Waals surface area contributed by atoms with Crippen LogP contribution in [0.3, 0.4) is 0 Å². The van der Waals surface area contributed by atoms with E-state index >= 15 is 0 Å². The minimum Gasteiger partial charge on any atom is -0.320 e. The van der Waals surface area contributed by atoms with E-state index in [0.29, 0.717) is 0 Å². The predicted octanol–water partition coefficient (Wildman–Crippen LogP) is 2.14. The third-order valence-electron chi connectivity index (χ3n) is 1.35. The lowest BCUT2D eigenvalue weighted by molar-refractivity contribution is -0.114. The number of para-hydroxylation sites is 1. The molecule has 0 aliphatic rings. The first kappa shape index (κ1) is 9.92. The van der Waals surface area contributed by atoms with Crippen LogP contribution in [0.5, 0.6) is 0 Å². The summed E-state index contributed by atoms with van der Waals surface area (Å²) in [6.45, 7) is 0. The maximum atomic E-state index is 12.8. The molecule has 0 bridgehead atoms. The van der Waals surface area contributed by atoms with Gasteiger partial charge in [0.25, 0.3) is 0 Å². The number of alkyl halides is 1. The summed E-state index contributed by atoms with van der Waals surface area (Å²) in [5.74, 6) is -2.63. The first-order chi connectivity index (χ1) is 6.15. The largest absolute Gasteiger partial charge is 0.320 e. The molecule has 0 aliphatic heterocycles. The van der Waals surface area contributed by atoms with E-state index in [1.807, 2.05) is 5.32 Å². The van der Waals surface area contributed by atoms with E-state index in [0.717, 1.165) is 12.1 Å². The van der Waals surface area contributed by atoms with Gasteiger partial charge in [0.1, 0.15) is 23.2 Å². The molecule has 2 nitrogen and oxygen atoms in total. The highest BCUT2D eigenvalue weighted by molar-refractivity contribution is 6.29. The van der Waals surface area contributed by atoms with Gasteiger partial charge in [-0.2, -0.15) is 0 Å². The molecule has 1 aromatic carbocycles. The fourth-order valence-electron chi connectivity index (χ4n) is 0.790. The molecule has 0 atom stereocenters. The van der Waals surface area contributed by atoms with Gasteiger partial charge in [-0.25, -0.2) is 8.78 Å². The molecule has 1 N–H and O–H groups in total. The van der Waals surface area contributed by atoms with E-state index in [2.05, 4.69) is 0 Å². The van der Waals surface area contributed by atoms with E-state index in [1.165, 1.54) is 6.07 Å². The molecule has 0 saturated carbocycles. The second kappa shape index (κ2) is 4.18. The number of carbonyl (C=O) groups excluding carboxylic acids is 1. The van der Waals surface area contributed by atoms with Crippen LogP contribution in [0.15, 0.2) is 18.2 Å². The summed E-state index contributed by atoms with van der Waals surface area (Å²) in [4.78, 5) is 10.7. The van der Waals surface area contributed by atoms with Gasteiger partial charge >= 0.3 is 0 Å². The van der Waals surface area contributed by atoms with E-state index in [1.54, 1.807) is 0 Å². The zero-order chi connectivity index (χ0) is 9.84. The first-order valence-electron chi connectivity index (χ1n) is 3.45. The molecule has 0 saturated heterocycles. The Kier molecular flexibility index (Phi) is 3.19. The maximum Gasteiger partial charge on any atom is 0.239 e. The molecule has 1 amide bonds. The monoisotopic (exact) mass is 205 g/mol. The van der Waals surface area contributed by atoms with E-state index in [-0.39, 0.29) is 5.88 Å². The molecule has 1 aromatic rings. The average Bonchev–Trinajstić information content (AvgIpc) is 2.11. The van der Waals surface area contributed by atoms with Crippen molar-refractivity contribution in [2.45, 2.75) is 0 Å². The molecule has 13 heavy (non-hydrogen) atoms. The number of halogens is 3. The summed E-state index contributed by atoms with van der Waals surface area (Å²) >= 11 is 5.15. The molecular formula is C8H6ClF2NO. The topological polar surface area (TPSA) is 29.1 Å². The standard InChI is InChI=1S/C8H6ClF2NO/c9-4-7(13)12-8-5(10)2-1-3-6(8)11/h1-3H,4H2,(H,12,13). The molecule has 0 radical (unpaired) electrons. The summed E-state index contributed by atoms with van der Waals surface area (Å²) in [6.07, 6.45) is 0. The molecule has 0 spiro atoms. The highest BCUT2D eigenvalue weighted by atomic mass is 35.5. The quantitative estimate of drug-likeness (QED) is 0.737. The number of carbonyl (C=O) groups is 1. The van der Waals surface area contributed by atoms with Crippen molar-refractivity contribution < 1.29 is 13.6 Å². The van der Waals surface area contributed by atoms with Crippen LogP contribution in [0, 0.1) is 11.6 Å². The number of hydrogen-bond acceptors (Lipinski definition) is 1. The van der Waals surface area contributed by atoms with Gasteiger partial charge in [-0.1, -0.05) is 6.07 Å². The molecule has 70 valence electrons. The van der Waals surface area contributed by atoms with Gasteiger partial charge in [0.15, 0.2) is 0 Å². The molecule has 5 heteroatoms. The van der Waals surface area contributed by atoms with Crippen molar-refractivity contribution in [3.05, 3.63) is 29.8 Å². The molecule has 0 unspecified atom stereocenters. The normalized spacial score (nSPS) is 9.77. The number of rotatable bonds is 2. The first-order valence-corrected chi connectivity index (χ1v) is 3.98. The minimum absolute atomic E-state index is 0.340. The molecular weight excluding hydrogens is 200 g/mol. The van der Waals surface area contributed by atoms with Gasteiger partial charge in [-0.3, -0.25) is 4.79 Å². The second-order valence-electron chi connectivity index (χ2n) is 2.28. The van der Waals surface area contributed by atoms with Crippen LogP contribution in [-0.2, 0) is 4.79 Å². The lowest BCUT2D eigenvalue weighted by Crippen LogP contribution is -2.14. The number of nitrogens with one attached hydrogen (secondary N) is 1. The molecule has 0 aromatic heterocycles. The molecule has 0 fully saturated rings. The third-order valence-corrected chi connectivity index (χ3v) is 1.59. The maximum absolute atomic E-state index is 12.8. The van der Waals surface area contributed by atoms with Crippen LogP contribution in [0.1, 0.15) is 0 Å². The summed E-state index contributed by atoms with van der Waals surface area (Å²) < 4.78 is 25.7. The van der Waals surface area contributed by atoms with Crippen molar-refractivity contribution in [2.75, 3.05) is 11.2 Å². The summed E-state index contributed by atoms with van der Waals surface area (Å²) in [7, 11) is 0. The average molecular weight is 206 g/mol. The van der Waals surface area contributed by atoms with Gasteiger partial charge in [0.2, 0.25) is 5.91 Å². The van der Waals surface area contributed by atoms with Gasteiger partial charge in [0, 0.05) is 0 Å². The fraction of sp³-hybridized carbons (Fsp3) is 0.125. The van der Waals surface area contributed by atoms with Crippen LogP contribution in [0.2, 0.25) is 0 Å². The molecule has 1 rings (SSSR count). The zero-order valence-electron chi connectivity index (χ0n) is 6.48. The summed E-state index contributed by atoms with van der Waals surface area (Å²) in [5.41, 5.74) is -0.465. The lowest BCUT2D eigenvalue weighted by atomic mass is 10.3. The molecule has 0 heterocycles. The SMILES string of the molecule is O=C(CCl)Nc1c(F)cccc1F.